The van der Waals surface area contributed by atoms with Crippen molar-refractivity contribution in [3.8, 4) is 0 Å². The number of allylic oxidation sites excluding steroid dienone is 5. The minimum Gasteiger partial charge on any atom is -0.371 e. The van der Waals surface area contributed by atoms with Gasteiger partial charge < -0.3 is 10.5 Å². The second-order valence-electron chi connectivity index (χ2n) is 18.3. The molecule has 0 aromatic heterocycles. The Hall–Kier alpha value is -0.860. The van der Waals surface area contributed by atoms with Gasteiger partial charge in [0.2, 0.25) is 0 Å². The van der Waals surface area contributed by atoms with E-state index in [0.717, 1.165) is 17.8 Å². The number of rotatable bonds is 7. The maximum absolute atomic E-state index is 6.95. The lowest BCUT2D eigenvalue weighted by atomic mass is 9.36. The average Bonchev–Trinajstić information content (AvgIpc) is 2.87. The molecule has 1 spiro atoms. The van der Waals surface area contributed by atoms with E-state index in [4.69, 9.17) is 10.5 Å². The summed E-state index contributed by atoms with van der Waals surface area (Å²) in [6.07, 6.45) is 22.9. The highest BCUT2D eigenvalue weighted by atomic mass is 16.5. The van der Waals surface area contributed by atoms with Gasteiger partial charge in [0.05, 0.1) is 12.7 Å². The molecule has 7 aliphatic carbocycles. The Morgan fingerprint density at radius 2 is 1.73 bits per heavy atom. The number of fused-ring (bicyclic) bond motifs is 5. The molecule has 2 N–H and O–H groups in total. The fourth-order valence-corrected chi connectivity index (χ4v) is 11.9. The highest BCUT2D eigenvalue weighted by molar-refractivity contribution is 5.37. The highest BCUT2D eigenvalue weighted by Gasteiger charge is 2.65. The Labute approximate surface area is 253 Å². The van der Waals surface area contributed by atoms with Crippen LogP contribution in [0, 0.1) is 62.6 Å². The summed E-state index contributed by atoms with van der Waals surface area (Å²) >= 11 is 0. The number of nitrogens with two attached hydrogens (primary N) is 1. The Balaban J connectivity index is 1.31. The van der Waals surface area contributed by atoms with E-state index >= 15 is 0 Å². The lowest BCUT2D eigenvalue weighted by Gasteiger charge is -2.68. The van der Waals surface area contributed by atoms with Crippen LogP contribution >= 0.6 is 0 Å². The van der Waals surface area contributed by atoms with E-state index < -0.39 is 0 Å². The van der Waals surface area contributed by atoms with Crippen LogP contribution in [0.25, 0.3) is 0 Å². The van der Waals surface area contributed by atoms with Crippen molar-refractivity contribution in [3.63, 3.8) is 0 Å². The predicted molar refractivity (Wildman–Crippen MR) is 173 cm³/mol. The van der Waals surface area contributed by atoms with Crippen molar-refractivity contribution in [2.45, 2.75) is 139 Å². The highest BCUT2D eigenvalue weighted by Crippen LogP contribution is 2.74. The molecule has 4 bridgehead atoms. The first kappa shape index (κ1) is 30.2. The summed E-state index contributed by atoms with van der Waals surface area (Å²) in [7, 11) is 0. The summed E-state index contributed by atoms with van der Waals surface area (Å²) in [5.74, 6) is 4.06. The minimum atomic E-state index is -0.291. The van der Waals surface area contributed by atoms with Gasteiger partial charge in [0.15, 0.2) is 0 Å². The van der Waals surface area contributed by atoms with Gasteiger partial charge in [-0.05, 0) is 127 Å². The third-order valence-corrected chi connectivity index (χ3v) is 15.3. The molecule has 3 fully saturated rings. The third kappa shape index (κ3) is 4.22. The van der Waals surface area contributed by atoms with Crippen LogP contribution in [-0.2, 0) is 4.74 Å². The molecule has 0 heterocycles. The van der Waals surface area contributed by atoms with Gasteiger partial charge in [-0.2, -0.15) is 0 Å². The molecule has 41 heavy (non-hydrogen) atoms. The summed E-state index contributed by atoms with van der Waals surface area (Å²) < 4.78 is 6.95. The molecule has 0 aromatic carbocycles. The lowest BCUT2D eigenvalue weighted by molar-refractivity contribution is -0.142. The molecule has 10 atom stereocenters. The van der Waals surface area contributed by atoms with Crippen molar-refractivity contribution in [1.82, 2.24) is 0 Å². The molecule has 0 saturated heterocycles. The zero-order valence-corrected chi connectivity index (χ0v) is 28.4. The summed E-state index contributed by atoms with van der Waals surface area (Å²) in [4.78, 5) is 0. The minimum absolute atomic E-state index is 0.171. The van der Waals surface area contributed by atoms with Gasteiger partial charge in [-0.25, -0.2) is 0 Å². The summed E-state index contributed by atoms with van der Waals surface area (Å²) in [5.41, 5.74) is 11.4. The van der Waals surface area contributed by atoms with Crippen LogP contribution in [0.2, 0.25) is 0 Å². The van der Waals surface area contributed by atoms with Crippen LogP contribution in [0.4, 0.5) is 0 Å². The number of ether oxygens (including phenoxy) is 1. The van der Waals surface area contributed by atoms with Crippen molar-refractivity contribution in [2.75, 3.05) is 6.61 Å². The fourth-order valence-electron chi connectivity index (χ4n) is 11.9. The maximum Gasteiger partial charge on any atom is 0.0842 e. The van der Waals surface area contributed by atoms with E-state index in [1.165, 1.54) is 57.8 Å². The quantitative estimate of drug-likeness (QED) is 0.314. The van der Waals surface area contributed by atoms with Crippen molar-refractivity contribution in [3.05, 3.63) is 35.5 Å². The van der Waals surface area contributed by atoms with Crippen LogP contribution in [-0.4, -0.2) is 18.2 Å². The van der Waals surface area contributed by atoms with Crippen molar-refractivity contribution >= 4 is 0 Å². The van der Waals surface area contributed by atoms with Crippen molar-refractivity contribution in [2.24, 2.45) is 68.3 Å². The summed E-state index contributed by atoms with van der Waals surface area (Å²) in [5, 5.41) is 0. The lowest BCUT2D eigenvalue weighted by Crippen LogP contribution is -2.61. The molecule has 7 rings (SSSR count). The van der Waals surface area contributed by atoms with Crippen molar-refractivity contribution < 1.29 is 4.74 Å². The second kappa shape index (κ2) is 9.57. The number of hydrogen-bond donors (Lipinski definition) is 1. The first-order valence-electron chi connectivity index (χ1n) is 17.5. The normalized spacial score (nSPS) is 46.6. The van der Waals surface area contributed by atoms with Gasteiger partial charge in [-0.15, -0.1) is 0 Å². The van der Waals surface area contributed by atoms with Crippen LogP contribution < -0.4 is 5.73 Å². The molecule has 2 nitrogen and oxygen atoms in total. The Bertz CT molecular complexity index is 1140. The fraction of sp³-hybridized carbons (Fsp3) is 0.846. The molecule has 3 saturated carbocycles. The zero-order valence-electron chi connectivity index (χ0n) is 28.4. The van der Waals surface area contributed by atoms with E-state index in [1.54, 1.807) is 5.57 Å². The Morgan fingerprint density at radius 1 is 1.02 bits per heavy atom. The van der Waals surface area contributed by atoms with Gasteiger partial charge in [0.1, 0.15) is 0 Å². The second-order valence-corrected chi connectivity index (χ2v) is 18.3. The smallest absolute Gasteiger partial charge is 0.0842 e. The zero-order chi connectivity index (χ0) is 29.8. The molecule has 0 amide bonds. The number of hydrogen-bond acceptors (Lipinski definition) is 2. The molecule has 230 valence electrons. The molecule has 0 radical (unpaired) electrons. The van der Waals surface area contributed by atoms with Crippen LogP contribution in [0.15, 0.2) is 35.5 Å². The topological polar surface area (TPSA) is 35.2 Å². The van der Waals surface area contributed by atoms with Gasteiger partial charge in [-0.1, -0.05) is 92.2 Å². The average molecular weight is 562 g/mol. The molecule has 0 aromatic rings. The van der Waals surface area contributed by atoms with Gasteiger partial charge >= 0.3 is 0 Å². The SMILES string of the molecule is CC(C)[C@@H](C)[C@@]12CC=C[C@]3(CC=C4C(CCC([C@]5(C)CC6C=C(C6)C5OC[C@](C)(N)C(C)C)C4(C)C)C3(C)CC1)C2. The maximum atomic E-state index is 6.95. The standard InChI is InChI=1S/C39H63NO/c1-25(2)27(5)38-15-11-16-39(23-38)17-14-30-31(36(39,9)18-19-38)12-13-32(34(30,6)7)35(8)22-28-20-29(21-28)33(35)41-24-37(10,40)26(3)4/h11,14,16,20,25-28,31-33H,12-13,15,17-19,21-24,40H2,1-10H3/t27-,28?,31?,32?,33?,35+,36?,37+,38+,39+/m1/s1. The molecule has 2 heteroatoms. The first-order chi connectivity index (χ1) is 19.0. The monoisotopic (exact) mass is 561 g/mol. The third-order valence-electron chi connectivity index (χ3n) is 15.3. The van der Waals surface area contributed by atoms with Crippen LogP contribution in [0.1, 0.15) is 127 Å². The van der Waals surface area contributed by atoms with Gasteiger partial charge in [-0.3, -0.25) is 0 Å². The van der Waals surface area contributed by atoms with E-state index in [2.05, 4.69) is 93.5 Å². The Kier molecular flexibility index (Phi) is 7.04. The Morgan fingerprint density at radius 3 is 2.39 bits per heavy atom. The first-order valence-corrected chi connectivity index (χ1v) is 17.5. The molecular formula is C39H63NO. The van der Waals surface area contributed by atoms with Crippen LogP contribution in [0.5, 0.6) is 0 Å². The molecule has 5 unspecified atom stereocenters. The summed E-state index contributed by atoms with van der Waals surface area (Å²) in [6, 6.07) is 0. The van der Waals surface area contributed by atoms with Crippen molar-refractivity contribution in [1.29, 1.82) is 0 Å². The molecular weight excluding hydrogens is 498 g/mol. The van der Waals surface area contributed by atoms with Gasteiger partial charge in [0.25, 0.3) is 0 Å². The van der Waals surface area contributed by atoms with E-state index in [1.807, 2.05) is 5.57 Å². The van der Waals surface area contributed by atoms with E-state index in [-0.39, 0.29) is 22.5 Å². The summed E-state index contributed by atoms with van der Waals surface area (Å²) in [6.45, 7) is 25.3. The molecule has 0 aliphatic heterocycles. The van der Waals surface area contributed by atoms with Gasteiger partial charge in [0, 0.05) is 11.0 Å². The molecule has 7 aliphatic rings. The largest absolute Gasteiger partial charge is 0.371 e. The van der Waals surface area contributed by atoms with E-state index in [9.17, 15) is 0 Å². The van der Waals surface area contributed by atoms with E-state index in [0.29, 0.717) is 40.6 Å². The van der Waals surface area contributed by atoms with Crippen LogP contribution in [0.3, 0.4) is 0 Å². The predicted octanol–water partition coefficient (Wildman–Crippen LogP) is 9.90.